The molecule has 1 N–H and O–H groups in total. The van der Waals surface area contributed by atoms with Crippen molar-refractivity contribution >= 4 is 11.8 Å². The molecule has 1 atom stereocenters. The highest BCUT2D eigenvalue weighted by Crippen LogP contribution is 2.33. The number of piperidine rings is 1. The van der Waals surface area contributed by atoms with E-state index in [4.69, 9.17) is 9.15 Å². The summed E-state index contributed by atoms with van der Waals surface area (Å²) < 4.78 is 10.6. The van der Waals surface area contributed by atoms with Gasteiger partial charge in [-0.05, 0) is 25.0 Å². The first-order valence-electron chi connectivity index (χ1n) is 8.56. The zero-order chi connectivity index (χ0) is 17.2. The van der Waals surface area contributed by atoms with Crippen LogP contribution in [0.4, 0.5) is 0 Å². The summed E-state index contributed by atoms with van der Waals surface area (Å²) in [5.41, 5.74) is 1.52. The second-order valence-corrected chi connectivity index (χ2v) is 6.49. The molecule has 0 saturated carbocycles. The monoisotopic (exact) mass is 340 g/mol. The molecule has 3 heterocycles. The van der Waals surface area contributed by atoms with Gasteiger partial charge >= 0.3 is 0 Å². The van der Waals surface area contributed by atoms with Crippen LogP contribution in [0.5, 0.6) is 5.75 Å². The van der Waals surface area contributed by atoms with Gasteiger partial charge in [0.25, 0.3) is 5.91 Å². The average molecular weight is 340 g/mol. The minimum absolute atomic E-state index is 0.00422. The predicted molar refractivity (Wildman–Crippen MR) is 90.5 cm³/mol. The number of nitrogens with one attached hydrogen (secondary N) is 1. The van der Waals surface area contributed by atoms with Crippen LogP contribution < -0.4 is 10.1 Å². The minimum Gasteiger partial charge on any atom is -0.492 e. The fraction of sp³-hybridized carbons (Fsp3) is 0.368. The van der Waals surface area contributed by atoms with Crippen molar-refractivity contribution in [3.05, 3.63) is 54.0 Å². The number of rotatable bonds is 3. The van der Waals surface area contributed by atoms with E-state index in [9.17, 15) is 9.59 Å². The van der Waals surface area contributed by atoms with Gasteiger partial charge in [-0.25, -0.2) is 0 Å². The summed E-state index contributed by atoms with van der Waals surface area (Å²) in [7, 11) is 0. The molecule has 2 aromatic rings. The lowest BCUT2D eigenvalue weighted by Gasteiger charge is -2.32. The van der Waals surface area contributed by atoms with Gasteiger partial charge in [0.1, 0.15) is 24.5 Å². The second kappa shape index (κ2) is 6.63. The van der Waals surface area contributed by atoms with E-state index in [1.54, 1.807) is 6.07 Å². The average Bonchev–Trinajstić information content (AvgIpc) is 3.31. The molecule has 1 saturated heterocycles. The maximum atomic E-state index is 12.6. The predicted octanol–water partition coefficient (Wildman–Crippen LogP) is 2.18. The number of carbonyl (C=O) groups is 2. The molecule has 25 heavy (non-hydrogen) atoms. The molecular weight excluding hydrogens is 320 g/mol. The number of likely N-dealkylation sites (tertiary alicyclic amines) is 1. The zero-order valence-corrected chi connectivity index (χ0v) is 13.8. The molecule has 6 heteroatoms. The Morgan fingerprint density at radius 1 is 1.12 bits per heavy atom. The van der Waals surface area contributed by atoms with E-state index >= 15 is 0 Å². The topological polar surface area (TPSA) is 71.8 Å². The third-order valence-corrected chi connectivity index (χ3v) is 4.91. The lowest BCUT2D eigenvalue weighted by atomic mass is 9.98. The van der Waals surface area contributed by atoms with Gasteiger partial charge in [-0.2, -0.15) is 0 Å². The first-order valence-corrected chi connectivity index (χ1v) is 8.56. The summed E-state index contributed by atoms with van der Waals surface area (Å²) >= 11 is 0. The number of carbonyl (C=O) groups excluding carboxylic acids is 2. The van der Waals surface area contributed by atoms with E-state index in [-0.39, 0.29) is 23.8 Å². The Kier molecular flexibility index (Phi) is 4.17. The molecule has 0 radical (unpaired) electrons. The number of furan rings is 1. The molecular formula is C19H20N2O4. The normalized spacial score (nSPS) is 20.0. The van der Waals surface area contributed by atoms with E-state index in [0.717, 1.165) is 24.2 Å². The van der Waals surface area contributed by atoms with Crippen LogP contribution in [-0.4, -0.2) is 42.5 Å². The molecule has 0 aliphatic carbocycles. The third-order valence-electron chi connectivity index (χ3n) is 4.91. The number of ether oxygens (including phenoxy) is 1. The Hall–Kier alpha value is -2.76. The van der Waals surface area contributed by atoms with Gasteiger partial charge in [0, 0.05) is 24.7 Å². The molecule has 1 aromatic heterocycles. The summed E-state index contributed by atoms with van der Waals surface area (Å²) in [5.74, 6) is 0.533. The molecule has 2 aliphatic heterocycles. The minimum atomic E-state index is -0.248. The Labute approximate surface area is 145 Å². The van der Waals surface area contributed by atoms with Crippen molar-refractivity contribution in [2.24, 2.45) is 0 Å². The fourth-order valence-electron chi connectivity index (χ4n) is 3.48. The van der Waals surface area contributed by atoms with Crippen molar-refractivity contribution in [3.8, 4) is 5.75 Å². The fourth-order valence-corrected chi connectivity index (χ4v) is 3.48. The molecule has 1 aromatic carbocycles. The lowest BCUT2D eigenvalue weighted by Crippen LogP contribution is -2.47. The smallest absolute Gasteiger partial charge is 0.257 e. The van der Waals surface area contributed by atoms with Gasteiger partial charge in [-0.15, -0.1) is 0 Å². The molecule has 6 nitrogen and oxygen atoms in total. The highest BCUT2D eigenvalue weighted by atomic mass is 16.5. The van der Waals surface area contributed by atoms with Gasteiger partial charge < -0.3 is 19.4 Å². The first-order chi connectivity index (χ1) is 12.2. The third kappa shape index (κ3) is 3.12. The molecule has 1 fully saturated rings. The first kappa shape index (κ1) is 15.7. The van der Waals surface area contributed by atoms with E-state index < -0.39 is 0 Å². The maximum absolute atomic E-state index is 12.6. The number of hydrogen-bond donors (Lipinski definition) is 1. The van der Waals surface area contributed by atoms with Gasteiger partial charge in [0.2, 0.25) is 5.91 Å². The van der Waals surface area contributed by atoms with E-state index in [1.165, 1.54) is 12.5 Å². The van der Waals surface area contributed by atoms with Crippen molar-refractivity contribution < 1.29 is 18.7 Å². The molecule has 4 rings (SSSR count). The number of nitrogens with zero attached hydrogens (tertiary/aromatic N) is 1. The Morgan fingerprint density at radius 3 is 2.68 bits per heavy atom. The van der Waals surface area contributed by atoms with Crippen molar-refractivity contribution in [3.63, 3.8) is 0 Å². The molecule has 130 valence electrons. The van der Waals surface area contributed by atoms with E-state index in [2.05, 4.69) is 5.32 Å². The quantitative estimate of drug-likeness (QED) is 0.930. The van der Waals surface area contributed by atoms with Gasteiger partial charge in [0.05, 0.1) is 11.8 Å². The van der Waals surface area contributed by atoms with Crippen LogP contribution >= 0.6 is 0 Å². The summed E-state index contributed by atoms with van der Waals surface area (Å²) in [6.45, 7) is 1.66. The van der Waals surface area contributed by atoms with Crippen LogP contribution in [0.1, 0.15) is 34.7 Å². The van der Waals surface area contributed by atoms with Crippen LogP contribution in [0.3, 0.4) is 0 Å². The maximum Gasteiger partial charge on any atom is 0.257 e. The van der Waals surface area contributed by atoms with Crippen LogP contribution in [0.15, 0.2) is 47.3 Å². The summed E-state index contributed by atoms with van der Waals surface area (Å²) in [5, 5.41) is 3.12. The van der Waals surface area contributed by atoms with Crippen molar-refractivity contribution in [1.82, 2.24) is 10.2 Å². The summed E-state index contributed by atoms with van der Waals surface area (Å²) in [6.07, 6.45) is 4.48. The number of hydrogen-bond acceptors (Lipinski definition) is 4. The number of para-hydroxylation sites is 1. The Bertz CT molecular complexity index is 763. The summed E-state index contributed by atoms with van der Waals surface area (Å²) in [6, 6.07) is 9.43. The number of amides is 2. The van der Waals surface area contributed by atoms with Crippen molar-refractivity contribution in [2.45, 2.75) is 24.8 Å². The highest BCUT2D eigenvalue weighted by Gasteiger charge is 2.32. The van der Waals surface area contributed by atoms with Gasteiger partial charge in [-0.3, -0.25) is 9.59 Å². The lowest BCUT2D eigenvalue weighted by molar-refractivity contribution is -0.123. The number of fused-ring (bicyclic) bond motifs is 1. The van der Waals surface area contributed by atoms with Gasteiger partial charge in [0.15, 0.2) is 0 Å². The highest BCUT2D eigenvalue weighted by molar-refractivity contribution is 5.94. The zero-order valence-electron chi connectivity index (χ0n) is 13.8. The SMILES string of the molecule is O=C(NC1CCN(C(=O)c2ccoc2)CC1)[C@@H]1COc2ccccc21. The van der Waals surface area contributed by atoms with E-state index in [1.807, 2.05) is 29.2 Å². The molecule has 2 amide bonds. The molecule has 0 spiro atoms. The van der Waals surface area contributed by atoms with Crippen LogP contribution in [0.25, 0.3) is 0 Å². The molecule has 0 unspecified atom stereocenters. The van der Waals surface area contributed by atoms with Gasteiger partial charge in [-0.1, -0.05) is 18.2 Å². The molecule has 2 aliphatic rings. The molecule has 0 bridgehead atoms. The van der Waals surface area contributed by atoms with Crippen LogP contribution in [-0.2, 0) is 4.79 Å². The van der Waals surface area contributed by atoms with Crippen LogP contribution in [0, 0.1) is 0 Å². The second-order valence-electron chi connectivity index (χ2n) is 6.49. The van der Waals surface area contributed by atoms with Crippen molar-refractivity contribution in [1.29, 1.82) is 0 Å². The Balaban J connectivity index is 1.32. The Morgan fingerprint density at radius 2 is 1.92 bits per heavy atom. The largest absolute Gasteiger partial charge is 0.492 e. The van der Waals surface area contributed by atoms with Crippen LogP contribution in [0.2, 0.25) is 0 Å². The van der Waals surface area contributed by atoms with Crippen molar-refractivity contribution in [2.75, 3.05) is 19.7 Å². The van der Waals surface area contributed by atoms with E-state index in [0.29, 0.717) is 25.3 Å². The summed E-state index contributed by atoms with van der Waals surface area (Å²) in [4.78, 5) is 26.7. The number of benzene rings is 1. The standard InChI is InChI=1S/C19H20N2O4/c22-18(16-12-25-17-4-2-1-3-15(16)17)20-14-5-8-21(9-6-14)19(23)13-7-10-24-11-13/h1-4,7,10-11,14,16H,5-6,8-9,12H2,(H,20,22)/t16-/m1/s1.